The van der Waals surface area contributed by atoms with Gasteiger partial charge >= 0.3 is 6.18 Å². The number of halogens is 3. The minimum Gasteiger partial charge on any atom is -0.294 e. The van der Waals surface area contributed by atoms with Gasteiger partial charge in [0.15, 0.2) is 5.82 Å². The van der Waals surface area contributed by atoms with Crippen LogP contribution in [0, 0.1) is 0 Å². The summed E-state index contributed by atoms with van der Waals surface area (Å²) in [5, 5.41) is 4.16. The van der Waals surface area contributed by atoms with E-state index in [1.807, 2.05) is 12.3 Å². The first kappa shape index (κ1) is 20.8. The van der Waals surface area contributed by atoms with E-state index in [0.717, 1.165) is 60.7 Å². The van der Waals surface area contributed by atoms with Crippen LogP contribution in [-0.4, -0.2) is 26.4 Å². The van der Waals surface area contributed by atoms with E-state index >= 15 is 0 Å². The molecule has 8 heteroatoms. The van der Waals surface area contributed by atoms with Crippen molar-refractivity contribution in [3.05, 3.63) is 88.0 Å². The van der Waals surface area contributed by atoms with E-state index < -0.39 is 11.7 Å². The molecule has 0 unspecified atom stereocenters. The molecule has 0 N–H and O–H groups in total. The fourth-order valence-corrected chi connectivity index (χ4v) is 4.56. The Morgan fingerprint density at radius 3 is 2.59 bits per heavy atom. The van der Waals surface area contributed by atoms with Crippen LogP contribution in [-0.2, 0) is 25.7 Å². The van der Waals surface area contributed by atoms with Crippen molar-refractivity contribution >= 4 is 11.3 Å². The van der Waals surface area contributed by atoms with Gasteiger partial charge in [-0.2, -0.15) is 24.5 Å². The molecule has 0 saturated carbocycles. The van der Waals surface area contributed by atoms with E-state index in [4.69, 9.17) is 0 Å². The predicted octanol–water partition coefficient (Wildman–Crippen LogP) is 5.84. The predicted molar refractivity (Wildman–Crippen MR) is 118 cm³/mol. The van der Waals surface area contributed by atoms with Crippen LogP contribution in [0.2, 0.25) is 0 Å². The van der Waals surface area contributed by atoms with Crippen molar-refractivity contribution in [1.29, 1.82) is 0 Å². The van der Waals surface area contributed by atoms with Crippen LogP contribution < -0.4 is 0 Å². The van der Waals surface area contributed by atoms with Crippen LogP contribution in [0.15, 0.2) is 65.6 Å². The highest BCUT2D eigenvalue weighted by atomic mass is 32.1. The Kier molecular flexibility index (Phi) is 5.48. The highest BCUT2D eigenvalue weighted by molar-refractivity contribution is 7.08. The Morgan fingerprint density at radius 2 is 1.84 bits per heavy atom. The molecule has 4 nitrogen and oxygen atoms in total. The van der Waals surface area contributed by atoms with Crippen molar-refractivity contribution in [2.24, 2.45) is 0 Å². The molecule has 0 saturated heterocycles. The highest BCUT2D eigenvalue weighted by Gasteiger charge is 2.30. The van der Waals surface area contributed by atoms with E-state index in [2.05, 4.69) is 42.7 Å². The lowest BCUT2D eigenvalue weighted by molar-refractivity contribution is -0.137. The Bertz CT molecular complexity index is 1220. The van der Waals surface area contributed by atoms with Gasteiger partial charge in [-0.1, -0.05) is 18.2 Å². The molecule has 1 aliphatic heterocycles. The lowest BCUT2D eigenvalue weighted by Gasteiger charge is -2.28. The molecule has 32 heavy (non-hydrogen) atoms. The summed E-state index contributed by atoms with van der Waals surface area (Å²) in [4.78, 5) is 16.0. The molecule has 0 amide bonds. The molecule has 0 atom stereocenters. The molecular formula is C24H19F3N4S. The van der Waals surface area contributed by atoms with Gasteiger partial charge in [-0.3, -0.25) is 9.88 Å². The van der Waals surface area contributed by atoms with E-state index in [1.165, 1.54) is 17.7 Å². The summed E-state index contributed by atoms with van der Waals surface area (Å²) >= 11 is 1.66. The zero-order valence-corrected chi connectivity index (χ0v) is 17.8. The maximum Gasteiger partial charge on any atom is 0.416 e. The van der Waals surface area contributed by atoms with Gasteiger partial charge < -0.3 is 0 Å². The SMILES string of the molecule is FC(F)(F)c1ccc(-c2ncc3c(n2)CCN(Cc2cccnc2-c2ccsc2)C3)cc1. The molecule has 0 bridgehead atoms. The Hall–Kier alpha value is -3.10. The topological polar surface area (TPSA) is 41.9 Å². The van der Waals surface area contributed by atoms with Crippen LogP contribution in [0.1, 0.15) is 22.4 Å². The fraction of sp³-hybridized carbons (Fsp3) is 0.208. The van der Waals surface area contributed by atoms with Gasteiger partial charge in [-0.15, -0.1) is 0 Å². The zero-order valence-electron chi connectivity index (χ0n) is 17.0. The van der Waals surface area contributed by atoms with Gasteiger partial charge in [-0.05, 0) is 35.2 Å². The van der Waals surface area contributed by atoms with Gasteiger partial charge in [0.05, 0.1) is 17.0 Å². The average molecular weight is 453 g/mol. The number of pyridine rings is 1. The Morgan fingerprint density at radius 1 is 1.00 bits per heavy atom. The van der Waals surface area contributed by atoms with E-state index in [0.29, 0.717) is 11.4 Å². The molecule has 0 radical (unpaired) electrons. The minimum absolute atomic E-state index is 0.456. The third-order valence-electron chi connectivity index (χ3n) is 5.56. The van der Waals surface area contributed by atoms with Gasteiger partial charge in [0.2, 0.25) is 0 Å². The number of aromatic nitrogens is 3. The number of thiophene rings is 1. The summed E-state index contributed by atoms with van der Waals surface area (Å²) in [7, 11) is 0. The molecule has 0 aliphatic carbocycles. The van der Waals surface area contributed by atoms with Crippen molar-refractivity contribution < 1.29 is 13.2 Å². The normalized spacial score (nSPS) is 14.3. The number of hydrogen-bond acceptors (Lipinski definition) is 5. The van der Waals surface area contributed by atoms with Crippen LogP contribution in [0.5, 0.6) is 0 Å². The first-order valence-electron chi connectivity index (χ1n) is 10.2. The Balaban J connectivity index is 1.33. The average Bonchev–Trinajstić information content (AvgIpc) is 3.33. The summed E-state index contributed by atoms with van der Waals surface area (Å²) in [6, 6.07) is 11.1. The summed E-state index contributed by atoms with van der Waals surface area (Å²) in [5.41, 5.74) is 5.23. The largest absolute Gasteiger partial charge is 0.416 e. The minimum atomic E-state index is -4.35. The van der Waals surface area contributed by atoms with Crippen LogP contribution in [0.4, 0.5) is 13.2 Å². The molecule has 0 spiro atoms. The van der Waals surface area contributed by atoms with E-state index in [1.54, 1.807) is 17.5 Å². The number of hydrogen-bond donors (Lipinski definition) is 0. The maximum absolute atomic E-state index is 12.8. The quantitative estimate of drug-likeness (QED) is 0.390. The molecule has 162 valence electrons. The van der Waals surface area contributed by atoms with Crippen molar-refractivity contribution in [2.45, 2.75) is 25.7 Å². The van der Waals surface area contributed by atoms with Crippen molar-refractivity contribution in [3.63, 3.8) is 0 Å². The highest BCUT2D eigenvalue weighted by Crippen LogP contribution is 2.31. The van der Waals surface area contributed by atoms with Crippen molar-refractivity contribution in [1.82, 2.24) is 19.9 Å². The van der Waals surface area contributed by atoms with Gasteiger partial charge in [0, 0.05) is 60.5 Å². The second-order valence-corrected chi connectivity index (χ2v) is 8.50. The molecule has 1 aliphatic rings. The zero-order chi connectivity index (χ0) is 22.1. The first-order chi connectivity index (χ1) is 15.5. The van der Waals surface area contributed by atoms with Crippen molar-refractivity contribution in [3.8, 4) is 22.6 Å². The summed E-state index contributed by atoms with van der Waals surface area (Å²) in [6.45, 7) is 2.34. The summed E-state index contributed by atoms with van der Waals surface area (Å²) < 4.78 is 38.4. The molecule has 4 heterocycles. The number of nitrogens with zero attached hydrogens (tertiary/aromatic N) is 4. The molecular weight excluding hydrogens is 433 g/mol. The third kappa shape index (κ3) is 4.28. The lowest BCUT2D eigenvalue weighted by Crippen LogP contribution is -2.31. The van der Waals surface area contributed by atoms with Crippen LogP contribution in [0.3, 0.4) is 0 Å². The van der Waals surface area contributed by atoms with Gasteiger partial charge in [0.25, 0.3) is 0 Å². The van der Waals surface area contributed by atoms with Gasteiger partial charge in [0.1, 0.15) is 0 Å². The number of rotatable bonds is 4. The van der Waals surface area contributed by atoms with E-state index in [9.17, 15) is 13.2 Å². The summed E-state index contributed by atoms with van der Waals surface area (Å²) in [6.07, 6.45) is 0.0267. The molecule has 5 rings (SSSR count). The number of benzene rings is 1. The van der Waals surface area contributed by atoms with E-state index in [-0.39, 0.29) is 0 Å². The van der Waals surface area contributed by atoms with Crippen LogP contribution in [0.25, 0.3) is 22.6 Å². The Labute approximate surface area is 187 Å². The second-order valence-electron chi connectivity index (χ2n) is 7.72. The fourth-order valence-electron chi connectivity index (χ4n) is 3.92. The first-order valence-corrected chi connectivity index (χ1v) is 11.1. The standard InChI is InChI=1S/C24H19F3N4S/c25-24(26,27)20-5-3-16(4-6-20)23-29-12-19-14-31(10-7-21(19)30-23)13-17-2-1-9-28-22(17)18-8-11-32-15-18/h1-6,8-9,11-12,15H,7,10,13-14H2. The lowest BCUT2D eigenvalue weighted by atomic mass is 10.0. The smallest absolute Gasteiger partial charge is 0.294 e. The molecule has 0 fully saturated rings. The third-order valence-corrected chi connectivity index (χ3v) is 6.25. The molecule has 3 aromatic heterocycles. The maximum atomic E-state index is 12.8. The summed E-state index contributed by atoms with van der Waals surface area (Å²) in [5.74, 6) is 0.456. The molecule has 4 aromatic rings. The van der Waals surface area contributed by atoms with Crippen LogP contribution >= 0.6 is 11.3 Å². The number of alkyl halides is 3. The second kappa shape index (κ2) is 8.44. The monoisotopic (exact) mass is 452 g/mol. The molecule has 1 aromatic carbocycles. The van der Waals surface area contributed by atoms with Crippen molar-refractivity contribution in [2.75, 3.05) is 6.54 Å². The number of fused-ring (bicyclic) bond motifs is 1. The van der Waals surface area contributed by atoms with Gasteiger partial charge in [-0.25, -0.2) is 9.97 Å².